The summed E-state index contributed by atoms with van der Waals surface area (Å²) in [5.74, 6) is 1.53. The molecular formula is C18H20N2O2S. The van der Waals surface area contributed by atoms with Crippen molar-refractivity contribution in [2.24, 2.45) is 0 Å². The van der Waals surface area contributed by atoms with Gasteiger partial charge in [-0.3, -0.25) is 4.79 Å². The molecule has 1 aromatic heterocycles. The van der Waals surface area contributed by atoms with Crippen LogP contribution in [0.1, 0.15) is 33.8 Å². The summed E-state index contributed by atoms with van der Waals surface area (Å²) in [6, 6.07) is 11.9. The Morgan fingerprint density at radius 3 is 2.74 bits per heavy atom. The maximum Gasteiger partial charge on any atom is 0.256 e. The molecule has 0 N–H and O–H groups in total. The molecule has 0 radical (unpaired) electrons. The zero-order chi connectivity index (χ0) is 16.2. The van der Waals surface area contributed by atoms with E-state index in [0.29, 0.717) is 18.1 Å². The highest BCUT2D eigenvalue weighted by Gasteiger charge is 2.31. The lowest BCUT2D eigenvalue weighted by Gasteiger charge is -2.24. The standard InChI is InChI=1S/C18H20N2O2S/c1-3-22-16-9-8-15(12-19-16)17(21)20-10-11-23-18(20)14-6-4-13(2)5-7-14/h4-9,12,18H,3,10-11H2,1-2H3. The second-order valence-electron chi connectivity index (χ2n) is 5.45. The summed E-state index contributed by atoms with van der Waals surface area (Å²) in [5, 5.41) is 0.0784. The number of aromatic nitrogens is 1. The van der Waals surface area contributed by atoms with Crippen molar-refractivity contribution in [1.29, 1.82) is 0 Å². The van der Waals surface area contributed by atoms with Crippen molar-refractivity contribution in [3.8, 4) is 5.88 Å². The van der Waals surface area contributed by atoms with Crippen LogP contribution in [-0.2, 0) is 0 Å². The van der Waals surface area contributed by atoms with Crippen LogP contribution < -0.4 is 4.74 Å². The number of hydrogen-bond acceptors (Lipinski definition) is 4. The monoisotopic (exact) mass is 328 g/mol. The number of carbonyl (C=O) groups is 1. The summed E-state index contributed by atoms with van der Waals surface area (Å²) in [6.45, 7) is 5.31. The number of amides is 1. The molecule has 23 heavy (non-hydrogen) atoms. The molecule has 1 fully saturated rings. The van der Waals surface area contributed by atoms with Crippen LogP contribution in [0.4, 0.5) is 0 Å². The third-order valence-corrected chi connectivity index (χ3v) is 5.05. The Bertz CT molecular complexity index is 670. The molecule has 1 saturated heterocycles. The molecule has 1 aliphatic rings. The van der Waals surface area contributed by atoms with Crippen LogP contribution in [0.15, 0.2) is 42.6 Å². The lowest BCUT2D eigenvalue weighted by atomic mass is 10.1. The van der Waals surface area contributed by atoms with E-state index in [1.165, 1.54) is 11.1 Å². The van der Waals surface area contributed by atoms with Crippen molar-refractivity contribution in [3.63, 3.8) is 0 Å². The molecule has 1 amide bonds. The fourth-order valence-corrected chi connectivity index (χ4v) is 3.85. The van der Waals surface area contributed by atoms with E-state index in [1.807, 2.05) is 11.8 Å². The number of pyridine rings is 1. The van der Waals surface area contributed by atoms with E-state index in [-0.39, 0.29) is 11.3 Å². The Kier molecular flexibility index (Phi) is 4.86. The lowest BCUT2D eigenvalue weighted by molar-refractivity contribution is 0.0760. The van der Waals surface area contributed by atoms with Crippen molar-refractivity contribution in [1.82, 2.24) is 9.88 Å². The first-order valence-electron chi connectivity index (χ1n) is 7.77. The average molecular weight is 328 g/mol. The van der Waals surface area contributed by atoms with Crippen LogP contribution in [0.3, 0.4) is 0 Å². The van der Waals surface area contributed by atoms with Gasteiger partial charge in [0.25, 0.3) is 5.91 Å². The number of aryl methyl sites for hydroxylation is 1. The second kappa shape index (κ2) is 7.04. The van der Waals surface area contributed by atoms with E-state index >= 15 is 0 Å². The molecule has 1 unspecified atom stereocenters. The van der Waals surface area contributed by atoms with E-state index in [0.717, 1.165) is 12.3 Å². The normalized spacial score (nSPS) is 17.3. The van der Waals surface area contributed by atoms with Crippen LogP contribution in [0, 0.1) is 6.92 Å². The van der Waals surface area contributed by atoms with Crippen LogP contribution in [-0.4, -0.2) is 34.7 Å². The number of thioether (sulfide) groups is 1. The largest absolute Gasteiger partial charge is 0.478 e. The third kappa shape index (κ3) is 3.50. The number of ether oxygens (including phenoxy) is 1. The molecule has 0 aliphatic carbocycles. The first-order valence-corrected chi connectivity index (χ1v) is 8.82. The average Bonchev–Trinajstić information content (AvgIpc) is 3.05. The predicted molar refractivity (Wildman–Crippen MR) is 92.8 cm³/mol. The smallest absolute Gasteiger partial charge is 0.256 e. The Morgan fingerprint density at radius 2 is 2.09 bits per heavy atom. The van der Waals surface area contributed by atoms with Crippen LogP contribution in [0.5, 0.6) is 5.88 Å². The van der Waals surface area contributed by atoms with Gasteiger partial charge in [-0.25, -0.2) is 4.98 Å². The molecule has 0 spiro atoms. The van der Waals surface area contributed by atoms with Gasteiger partial charge in [-0.15, -0.1) is 11.8 Å². The van der Waals surface area contributed by atoms with Crippen molar-refractivity contribution in [3.05, 3.63) is 59.3 Å². The molecule has 4 nitrogen and oxygen atoms in total. The Balaban J connectivity index is 1.78. The molecule has 1 aliphatic heterocycles. The minimum atomic E-state index is 0.0242. The first kappa shape index (κ1) is 15.9. The van der Waals surface area contributed by atoms with Gasteiger partial charge in [0.1, 0.15) is 5.37 Å². The predicted octanol–water partition coefficient (Wildman–Crippen LogP) is 3.68. The van der Waals surface area contributed by atoms with Crippen molar-refractivity contribution in [2.75, 3.05) is 18.9 Å². The highest BCUT2D eigenvalue weighted by molar-refractivity contribution is 7.99. The van der Waals surface area contributed by atoms with Gasteiger partial charge in [0.2, 0.25) is 5.88 Å². The highest BCUT2D eigenvalue weighted by Crippen LogP contribution is 2.38. The van der Waals surface area contributed by atoms with E-state index in [1.54, 1.807) is 30.1 Å². The molecule has 0 bridgehead atoms. The first-order chi connectivity index (χ1) is 11.2. The van der Waals surface area contributed by atoms with E-state index in [2.05, 4.69) is 36.2 Å². The topological polar surface area (TPSA) is 42.4 Å². The summed E-state index contributed by atoms with van der Waals surface area (Å²) < 4.78 is 5.33. The minimum absolute atomic E-state index is 0.0242. The zero-order valence-electron chi connectivity index (χ0n) is 13.4. The Morgan fingerprint density at radius 1 is 1.30 bits per heavy atom. The van der Waals surface area contributed by atoms with Gasteiger partial charge >= 0.3 is 0 Å². The molecular weight excluding hydrogens is 308 g/mol. The van der Waals surface area contributed by atoms with Crippen molar-refractivity contribution >= 4 is 17.7 Å². The van der Waals surface area contributed by atoms with Gasteiger partial charge in [-0.05, 0) is 25.5 Å². The van der Waals surface area contributed by atoms with Crippen LogP contribution in [0.25, 0.3) is 0 Å². The summed E-state index contributed by atoms with van der Waals surface area (Å²) in [7, 11) is 0. The number of nitrogens with zero attached hydrogens (tertiary/aromatic N) is 2. The van der Waals surface area contributed by atoms with E-state index < -0.39 is 0 Å². The van der Waals surface area contributed by atoms with Gasteiger partial charge in [0, 0.05) is 24.6 Å². The third-order valence-electron chi connectivity index (χ3n) is 3.79. The molecule has 2 aromatic rings. The van der Waals surface area contributed by atoms with Gasteiger partial charge in [0.15, 0.2) is 0 Å². The zero-order valence-corrected chi connectivity index (χ0v) is 14.2. The van der Waals surface area contributed by atoms with Gasteiger partial charge in [-0.1, -0.05) is 29.8 Å². The quantitative estimate of drug-likeness (QED) is 0.859. The molecule has 1 aromatic carbocycles. The van der Waals surface area contributed by atoms with Gasteiger partial charge < -0.3 is 9.64 Å². The van der Waals surface area contributed by atoms with Crippen LogP contribution in [0.2, 0.25) is 0 Å². The number of carbonyl (C=O) groups excluding carboxylic acids is 1. The van der Waals surface area contributed by atoms with Gasteiger partial charge in [0.05, 0.1) is 12.2 Å². The van der Waals surface area contributed by atoms with E-state index in [4.69, 9.17) is 4.74 Å². The molecule has 0 saturated carbocycles. The fraction of sp³-hybridized carbons (Fsp3) is 0.333. The van der Waals surface area contributed by atoms with E-state index in [9.17, 15) is 4.79 Å². The minimum Gasteiger partial charge on any atom is -0.478 e. The second-order valence-corrected chi connectivity index (χ2v) is 6.64. The molecule has 3 rings (SSSR count). The maximum atomic E-state index is 12.8. The number of benzene rings is 1. The maximum absolute atomic E-state index is 12.8. The Hall–Kier alpha value is -2.01. The summed E-state index contributed by atoms with van der Waals surface area (Å²) in [5.41, 5.74) is 3.00. The Labute approximate surface area is 140 Å². The fourth-order valence-electron chi connectivity index (χ4n) is 2.59. The SMILES string of the molecule is CCOc1ccc(C(=O)N2CCSC2c2ccc(C)cc2)cn1. The highest BCUT2D eigenvalue weighted by atomic mass is 32.2. The molecule has 5 heteroatoms. The lowest BCUT2D eigenvalue weighted by Crippen LogP contribution is -2.30. The molecule has 1 atom stereocenters. The number of rotatable bonds is 4. The molecule has 2 heterocycles. The van der Waals surface area contributed by atoms with Crippen molar-refractivity contribution in [2.45, 2.75) is 19.2 Å². The van der Waals surface area contributed by atoms with Crippen molar-refractivity contribution < 1.29 is 9.53 Å². The number of hydrogen-bond donors (Lipinski definition) is 0. The van der Waals surface area contributed by atoms with Gasteiger partial charge in [-0.2, -0.15) is 0 Å². The summed E-state index contributed by atoms with van der Waals surface area (Å²) in [4.78, 5) is 18.9. The molecule has 120 valence electrons. The summed E-state index contributed by atoms with van der Waals surface area (Å²) >= 11 is 1.80. The van der Waals surface area contributed by atoms with Crippen LogP contribution >= 0.6 is 11.8 Å². The summed E-state index contributed by atoms with van der Waals surface area (Å²) in [6.07, 6.45) is 1.60.